The lowest BCUT2D eigenvalue weighted by atomic mass is 9.92. The molecule has 0 spiro atoms. The average molecular weight is 1620 g/mol. The minimum atomic E-state index is 0. The van der Waals surface area contributed by atoms with Crippen LogP contribution in [0.25, 0.3) is 0 Å². The Bertz CT molecular complexity index is 4500. The molecular formula is C103H173N15. The van der Waals surface area contributed by atoms with Gasteiger partial charge in [-0.3, -0.25) is 24.9 Å². The van der Waals surface area contributed by atoms with Gasteiger partial charge in [0.1, 0.15) is 17.5 Å². The summed E-state index contributed by atoms with van der Waals surface area (Å²) in [5, 5.41) is 16.5. The molecule has 9 aromatic heterocycles. The van der Waals surface area contributed by atoms with E-state index in [4.69, 9.17) is 0 Å². The molecule has 118 heavy (non-hydrogen) atoms. The molecule has 0 saturated carbocycles. The van der Waals surface area contributed by atoms with Crippen molar-refractivity contribution in [3.63, 3.8) is 0 Å². The molecule has 0 aliphatic rings. The van der Waals surface area contributed by atoms with Gasteiger partial charge in [0.15, 0.2) is 0 Å². The van der Waals surface area contributed by atoms with Gasteiger partial charge in [-0.05, 0) is 350 Å². The molecule has 0 radical (unpaired) electrons. The Balaban J connectivity index is -0.00000125. The van der Waals surface area contributed by atoms with Gasteiger partial charge in [0.05, 0.1) is 45.6 Å². The summed E-state index contributed by atoms with van der Waals surface area (Å²) in [7, 11) is 0. The Labute approximate surface area is 725 Å². The van der Waals surface area contributed by atoms with Crippen molar-refractivity contribution in [2.24, 2.45) is 5.92 Å². The highest BCUT2D eigenvalue weighted by molar-refractivity contribution is 5.43. The van der Waals surface area contributed by atoms with E-state index in [1.54, 1.807) is 0 Å². The van der Waals surface area contributed by atoms with Crippen LogP contribution in [0.4, 0.5) is 0 Å². The van der Waals surface area contributed by atoms with Crippen LogP contribution in [-0.2, 0) is 0 Å². The van der Waals surface area contributed by atoms with Crippen molar-refractivity contribution in [3.8, 4) is 0 Å². The second kappa shape index (κ2) is 53.6. The third-order valence-electron chi connectivity index (χ3n) is 21.4. The smallest absolute Gasteiger partial charge is 0.131 e. The fourth-order valence-corrected chi connectivity index (χ4v) is 13.9. The lowest BCUT2D eigenvalue weighted by molar-refractivity contribution is 0.737. The van der Waals surface area contributed by atoms with Gasteiger partial charge in [0.2, 0.25) is 0 Å². The van der Waals surface area contributed by atoms with Gasteiger partial charge in [0.25, 0.3) is 0 Å². The van der Waals surface area contributed by atoms with E-state index in [0.717, 1.165) is 97.4 Å². The Morgan fingerprint density at radius 1 is 0.153 bits per heavy atom. The van der Waals surface area contributed by atoms with E-state index in [0.29, 0.717) is 53.3 Å². The standard InChI is InChI=1S/3C12H19N.6C10H16N2.C4H10.C2H6.CH4/c1-7(2)12-8(3)10(5)13-11(6)9(12)4;1-7(2)12-9(4)8(3)10(5)13-11(12)6;1-7(2)12-10(5)8(3)9(4)11(6)13-12;1-6(2)10-7(3)11-9(5)12-8(10)4;1-6(2)10-9(5)11-7(3)8(4)12-10;1-6(2)10-7(3)8(4)11-9(5)12-10;1-6(2)10-7(3)8(4)11-12-9(10)5;1-6(2)10-11-8(4)7(3)9(5)12-10;1-6(2)10-8(4)7(3)9(5)11-12-10;1-4(2)3;1-2;/h3*7H,1-6H3;6*6H,1-5H3;4H,1-3H3;1-2H3;1H4. The monoisotopic (exact) mass is 1620 g/mol. The van der Waals surface area contributed by atoms with Crippen LogP contribution in [0.2, 0.25) is 0 Å². The highest BCUT2D eigenvalue weighted by atomic mass is 15.1. The van der Waals surface area contributed by atoms with Crippen LogP contribution >= 0.6 is 0 Å². The van der Waals surface area contributed by atoms with Crippen molar-refractivity contribution in [1.82, 2.24) is 75.2 Å². The van der Waals surface area contributed by atoms with Crippen molar-refractivity contribution in [1.29, 1.82) is 0 Å². The third-order valence-corrected chi connectivity index (χ3v) is 21.4. The molecule has 9 aromatic rings. The van der Waals surface area contributed by atoms with Crippen molar-refractivity contribution < 1.29 is 0 Å². The summed E-state index contributed by atoms with van der Waals surface area (Å²) >= 11 is 0. The van der Waals surface area contributed by atoms with Crippen molar-refractivity contribution in [2.75, 3.05) is 0 Å². The maximum Gasteiger partial charge on any atom is 0.131 e. The number of pyridine rings is 3. The first-order valence-corrected chi connectivity index (χ1v) is 43.4. The van der Waals surface area contributed by atoms with Gasteiger partial charge < -0.3 is 0 Å². The molecule has 0 aliphatic heterocycles. The molecule has 0 bridgehead atoms. The van der Waals surface area contributed by atoms with E-state index in [-0.39, 0.29) is 7.43 Å². The normalized spacial score (nSPS) is 10.6. The number of hydrogen-bond donors (Lipinski definition) is 0. The first-order chi connectivity index (χ1) is 53.7. The largest absolute Gasteiger partial charge is 0.258 e. The molecule has 0 atom stereocenters. The maximum absolute atomic E-state index is 4.63. The number of nitrogens with zero attached hydrogens (tertiary/aromatic N) is 15. The molecule has 0 saturated heterocycles. The SMILES string of the molecule is C.CC.CC(C)C.Cc1nc(C(C)C)c(C)c(C)c1C.Cc1nc(C(C)C)nc(C)c1C.Cc1nc(C)c(C(C)C)c(C)c1C.Cc1nc(C)c(C(C)C)c(C)n1.Cc1nc(C)c(C(C)C)nc1C.Cc1nc(C)c(C)c(C(C)C)c1C.Cc1nc(C)c(C)c(C(C)C)n1.Cc1nnc(C(C)C)c(C)c1C.Cc1nnc(C)c(C(C)C)c1C. The summed E-state index contributed by atoms with van der Waals surface area (Å²) in [6.07, 6.45) is 0. The second-order valence-corrected chi connectivity index (χ2v) is 35.3. The Morgan fingerprint density at radius 3 is 0.814 bits per heavy atom. The summed E-state index contributed by atoms with van der Waals surface area (Å²) < 4.78 is 0. The Hall–Kier alpha value is -8.07. The molecular weight excluding hydrogens is 1450 g/mol. The molecule has 9 rings (SSSR count). The van der Waals surface area contributed by atoms with Crippen LogP contribution in [0, 0.1) is 214 Å². The van der Waals surface area contributed by atoms with Crippen LogP contribution in [-0.4, -0.2) is 75.2 Å². The van der Waals surface area contributed by atoms with Crippen molar-refractivity contribution in [3.05, 3.63) is 220 Å². The summed E-state index contributed by atoms with van der Waals surface area (Å²) in [5.41, 5.74) is 43.8. The first kappa shape index (κ1) is 114. The zero-order valence-electron chi connectivity index (χ0n) is 85.0. The zero-order chi connectivity index (χ0) is 91.9. The second-order valence-electron chi connectivity index (χ2n) is 35.3. The van der Waals surface area contributed by atoms with E-state index in [1.165, 1.54) is 129 Å². The predicted octanol–water partition coefficient (Wildman–Crippen LogP) is 28.8. The molecule has 0 amide bonds. The van der Waals surface area contributed by atoms with Crippen LogP contribution < -0.4 is 0 Å². The van der Waals surface area contributed by atoms with E-state index in [9.17, 15) is 0 Å². The third kappa shape index (κ3) is 35.7. The first-order valence-electron chi connectivity index (χ1n) is 43.4. The lowest BCUT2D eigenvalue weighted by Crippen LogP contribution is -2.03. The van der Waals surface area contributed by atoms with Gasteiger partial charge in [-0.25, -0.2) is 29.9 Å². The van der Waals surface area contributed by atoms with E-state index in [1.807, 2.05) is 90.0 Å². The van der Waals surface area contributed by atoms with Gasteiger partial charge in [-0.15, -0.1) is 0 Å². The van der Waals surface area contributed by atoms with Gasteiger partial charge in [0, 0.05) is 74.2 Å². The molecule has 0 N–H and O–H groups in total. The topological polar surface area (TPSA) is 193 Å². The average Bonchev–Trinajstić information content (AvgIpc) is 0.814. The molecule has 15 nitrogen and oxygen atoms in total. The quantitative estimate of drug-likeness (QED) is 0.132. The van der Waals surface area contributed by atoms with Crippen molar-refractivity contribution in [2.45, 2.75) is 428 Å². The predicted molar refractivity (Wildman–Crippen MR) is 512 cm³/mol. The zero-order valence-corrected chi connectivity index (χ0v) is 85.0. The van der Waals surface area contributed by atoms with Crippen LogP contribution in [0.5, 0.6) is 0 Å². The van der Waals surface area contributed by atoms with Gasteiger partial charge >= 0.3 is 0 Å². The lowest BCUT2D eigenvalue weighted by Gasteiger charge is -2.16. The number of rotatable bonds is 9. The van der Waals surface area contributed by atoms with E-state index >= 15 is 0 Å². The van der Waals surface area contributed by atoms with Crippen LogP contribution in [0.15, 0.2) is 0 Å². The number of hydrogen-bond acceptors (Lipinski definition) is 15. The fraction of sp³-hybridized carbons (Fsp3) is 0.621. The summed E-state index contributed by atoms with van der Waals surface area (Å²) in [6, 6.07) is 0. The van der Waals surface area contributed by atoms with Crippen LogP contribution in [0.1, 0.15) is 440 Å². The minimum absolute atomic E-state index is 0. The molecule has 0 aliphatic carbocycles. The number of aromatic nitrogens is 15. The maximum atomic E-state index is 4.63. The van der Waals surface area contributed by atoms with E-state index < -0.39 is 0 Å². The van der Waals surface area contributed by atoms with Crippen LogP contribution in [0.3, 0.4) is 0 Å². The Kier molecular flexibility index (Phi) is 51.8. The van der Waals surface area contributed by atoms with Gasteiger partial charge in [-0.1, -0.05) is 167 Å². The molecule has 15 heteroatoms. The highest BCUT2D eigenvalue weighted by Crippen LogP contribution is 2.30. The molecule has 660 valence electrons. The number of aryl methyl sites for hydroxylation is 18. The molecule has 0 fully saturated rings. The molecule has 0 unspecified atom stereocenters. The summed E-state index contributed by atoms with van der Waals surface area (Å²) in [5.74, 6) is 8.14. The molecule has 0 aromatic carbocycles. The van der Waals surface area contributed by atoms with Crippen molar-refractivity contribution >= 4 is 0 Å². The minimum Gasteiger partial charge on any atom is -0.258 e. The fourth-order valence-electron chi connectivity index (χ4n) is 13.9. The van der Waals surface area contributed by atoms with E-state index in [2.05, 4.69) is 352 Å². The molecule has 9 heterocycles. The highest BCUT2D eigenvalue weighted by Gasteiger charge is 2.18. The Morgan fingerprint density at radius 2 is 0.415 bits per heavy atom. The summed E-state index contributed by atoms with van der Waals surface area (Å²) in [6.45, 7) is 112. The van der Waals surface area contributed by atoms with Gasteiger partial charge in [-0.2, -0.15) is 20.4 Å². The summed E-state index contributed by atoms with van der Waals surface area (Å²) in [4.78, 5) is 48.9.